The largest absolute Gasteiger partial charge is 0.508 e. The molecule has 9 bridgehead atoms. The van der Waals surface area contributed by atoms with E-state index in [4.69, 9.17) is 83.0 Å². The van der Waals surface area contributed by atoms with Crippen molar-refractivity contribution in [3.05, 3.63) is 153 Å². The average molecular weight is 1760 g/mol. The van der Waals surface area contributed by atoms with Crippen LogP contribution in [-0.4, -0.2) is 220 Å². The lowest BCUT2D eigenvalue weighted by Gasteiger charge is -2.43. The zero-order chi connectivity index (χ0) is 90.1. The second-order valence-electron chi connectivity index (χ2n) is 31.7. The fraction of sp³-hybridized carbons (Fsp3) is 0.458. The van der Waals surface area contributed by atoms with E-state index < -0.39 is 278 Å². The zero-order valence-electron chi connectivity index (χ0n) is 67.9. The number of hydrogen-bond donors (Lipinski definition) is 20. The van der Waals surface area contributed by atoms with Gasteiger partial charge in [0.15, 0.2) is 42.3 Å². The van der Waals surface area contributed by atoms with E-state index in [1.165, 1.54) is 52.0 Å². The molecule has 0 spiro atoms. The Bertz CT molecular complexity index is 4870. The van der Waals surface area contributed by atoms with Gasteiger partial charge in [-0.05, 0) is 136 Å². The Labute approximate surface area is 714 Å². The number of ether oxygens (including phenoxy) is 9. The van der Waals surface area contributed by atoms with Crippen LogP contribution in [0.1, 0.15) is 151 Å². The van der Waals surface area contributed by atoms with Gasteiger partial charge in [0.1, 0.15) is 77.3 Å². The molecule has 6 aliphatic heterocycles. The monoisotopic (exact) mass is 1760 g/mol. The molecule has 40 heteroatoms. The first-order valence-corrected chi connectivity index (χ1v) is 39.9. The number of aliphatic hydroxyl groups is 6. The number of nitrogens with one attached hydrogen (secondary N) is 6. The van der Waals surface area contributed by atoms with Gasteiger partial charge in [0.25, 0.3) is 0 Å². The SMILES string of the molecule is CC(C)CCC(=O)NC1C(=O)N[C@@H](CC(N)=O)C(=O)N[C@H]2C(=O)N[C@@H](C(N)=O)c3ccc(O)c(c3)-c3c(O)cc(O)cc3[C@H](C(=O)O)NC(=O)C[C@H](OC3CC(C)(N)C(O)C(C)O3)c3ccc(c(Cl)c3)Oc3cc2cc(c3OC2OC(CO)C(O)C(O)C2OC(C)OC(C)C(O)C(C)(C)NCC(OCc2ccccc2)C(=O)O)Oc2ccc(cc2Cl)[C@H]1O. The van der Waals surface area contributed by atoms with Crippen LogP contribution in [0.15, 0.2) is 109 Å². The number of aliphatic carboxylic acids is 2. The summed E-state index contributed by atoms with van der Waals surface area (Å²) < 4.78 is 57.4. The first kappa shape index (κ1) is 94.6. The van der Waals surface area contributed by atoms with Gasteiger partial charge < -0.3 is 148 Å². The van der Waals surface area contributed by atoms with Crippen LogP contribution in [0.25, 0.3) is 11.1 Å². The predicted octanol–water partition coefficient (Wildman–Crippen LogP) is 3.46. The summed E-state index contributed by atoms with van der Waals surface area (Å²) in [5, 5.41) is 140. The minimum absolute atomic E-state index is 0.00585. The smallest absolute Gasteiger partial charge is 0.334 e. The number of phenolic OH excluding ortho intramolecular Hbond substituents is 3. The number of carbonyl (C=O) groups excluding carboxylic acids is 7. The third-order valence-electron chi connectivity index (χ3n) is 21.2. The van der Waals surface area contributed by atoms with Gasteiger partial charge in [-0.2, -0.15) is 0 Å². The molecule has 0 aromatic heterocycles. The minimum atomic E-state index is -2.38. The van der Waals surface area contributed by atoms with Gasteiger partial charge in [-0.1, -0.05) is 85.6 Å². The van der Waals surface area contributed by atoms with Crippen molar-refractivity contribution in [3.8, 4) is 57.1 Å². The molecule has 20 atom stereocenters. The van der Waals surface area contributed by atoms with Crippen LogP contribution >= 0.6 is 23.2 Å². The molecule has 2 saturated heterocycles. The molecule has 23 N–H and O–H groups in total. The van der Waals surface area contributed by atoms with Crippen molar-refractivity contribution in [1.82, 2.24) is 31.9 Å². The van der Waals surface area contributed by atoms with Crippen molar-refractivity contribution >= 4 is 76.5 Å². The fourth-order valence-electron chi connectivity index (χ4n) is 14.5. The van der Waals surface area contributed by atoms with Crippen molar-refractivity contribution < 1.29 is 142 Å². The first-order valence-electron chi connectivity index (χ1n) is 39.1. The molecule has 38 nitrogen and oxygen atoms in total. The molecule has 6 aromatic carbocycles. The van der Waals surface area contributed by atoms with E-state index in [1.807, 2.05) is 13.8 Å². The molecule has 0 saturated carbocycles. The second-order valence-corrected chi connectivity index (χ2v) is 32.5. The number of benzene rings is 6. The quantitative estimate of drug-likeness (QED) is 0.0346. The van der Waals surface area contributed by atoms with Crippen LogP contribution in [0.4, 0.5) is 0 Å². The van der Waals surface area contributed by atoms with Crippen LogP contribution < -0.4 is 63.3 Å². The molecule has 6 heterocycles. The zero-order valence-corrected chi connectivity index (χ0v) is 69.4. The van der Waals surface area contributed by atoms with Crippen molar-refractivity contribution in [2.75, 3.05) is 13.2 Å². The lowest BCUT2D eigenvalue weighted by Crippen LogP contribution is -2.62. The highest BCUT2D eigenvalue weighted by Crippen LogP contribution is 2.50. The first-order chi connectivity index (χ1) is 57.9. The molecule has 14 unspecified atom stereocenters. The number of amides is 7. The Morgan fingerprint density at radius 2 is 1.37 bits per heavy atom. The number of carbonyl (C=O) groups is 9. The highest BCUT2D eigenvalue weighted by molar-refractivity contribution is 6.32. The molecule has 2 fully saturated rings. The summed E-state index contributed by atoms with van der Waals surface area (Å²) in [6, 6.07) is 11.5. The Kier molecular flexibility index (Phi) is 31.0. The third kappa shape index (κ3) is 23.3. The van der Waals surface area contributed by atoms with E-state index >= 15 is 9.59 Å². The number of primary amides is 2. The van der Waals surface area contributed by atoms with Crippen molar-refractivity contribution in [2.24, 2.45) is 23.1 Å². The molecular formula is C83H101Cl2N9O29. The van der Waals surface area contributed by atoms with Crippen LogP contribution in [0.2, 0.25) is 10.0 Å². The van der Waals surface area contributed by atoms with Crippen molar-refractivity contribution in [2.45, 2.75) is 221 Å². The number of phenols is 3. The number of carboxylic acids is 2. The lowest BCUT2D eigenvalue weighted by atomic mass is 9.86. The van der Waals surface area contributed by atoms with Gasteiger partial charge in [-0.25, -0.2) is 9.59 Å². The number of aromatic hydroxyl groups is 3. The van der Waals surface area contributed by atoms with E-state index in [9.17, 15) is 89.7 Å². The Hall–Kier alpha value is -10.6. The number of aliphatic hydroxyl groups excluding tert-OH is 6. The van der Waals surface area contributed by atoms with E-state index in [0.717, 1.165) is 54.6 Å². The maximum atomic E-state index is 16.0. The Morgan fingerprint density at radius 1 is 0.732 bits per heavy atom. The van der Waals surface area contributed by atoms with E-state index in [1.54, 1.807) is 44.2 Å². The van der Waals surface area contributed by atoms with Crippen molar-refractivity contribution in [1.29, 1.82) is 0 Å². The summed E-state index contributed by atoms with van der Waals surface area (Å²) in [7, 11) is 0. The van der Waals surface area contributed by atoms with Gasteiger partial charge in [0, 0.05) is 53.2 Å². The molecule has 0 aliphatic carbocycles. The van der Waals surface area contributed by atoms with E-state index in [-0.39, 0.29) is 55.0 Å². The number of nitrogens with two attached hydrogens (primary N) is 3. The summed E-state index contributed by atoms with van der Waals surface area (Å²) in [5.74, 6) is -17.3. The molecule has 666 valence electrons. The maximum absolute atomic E-state index is 16.0. The summed E-state index contributed by atoms with van der Waals surface area (Å²) in [4.78, 5) is 128. The van der Waals surface area contributed by atoms with Crippen LogP contribution in [0.3, 0.4) is 0 Å². The van der Waals surface area contributed by atoms with Gasteiger partial charge in [-0.15, -0.1) is 0 Å². The lowest BCUT2D eigenvalue weighted by molar-refractivity contribution is -0.320. The molecule has 12 rings (SSSR count). The maximum Gasteiger partial charge on any atom is 0.334 e. The minimum Gasteiger partial charge on any atom is -0.508 e. The molecular weight excluding hydrogens is 1660 g/mol. The van der Waals surface area contributed by atoms with Gasteiger partial charge in [-0.3, -0.25) is 33.6 Å². The average Bonchev–Trinajstić information content (AvgIpc) is 0.768. The molecule has 0 radical (unpaired) electrons. The summed E-state index contributed by atoms with van der Waals surface area (Å²) >= 11 is 14.5. The van der Waals surface area contributed by atoms with E-state index in [0.29, 0.717) is 5.56 Å². The number of hydrogen-bond acceptors (Lipinski definition) is 29. The molecule has 6 aliphatic rings. The van der Waals surface area contributed by atoms with Crippen LogP contribution in [0, 0.1) is 5.92 Å². The number of rotatable bonds is 26. The van der Waals surface area contributed by atoms with Crippen LogP contribution in [-0.2, 0) is 78.2 Å². The summed E-state index contributed by atoms with van der Waals surface area (Å²) in [6.45, 7) is 11.1. The molecule has 123 heavy (non-hydrogen) atoms. The summed E-state index contributed by atoms with van der Waals surface area (Å²) in [5.41, 5.74) is 13.6. The standard InChI is InChI=1S/C83H101Cl2N9O29/c1-35(2)14-21-60(100)91-67-68(102)42-17-20-53(48(85)24-42)120-56-26-43-25-55(71(56)123-81-72(70(104)69(103)58(33-95)122-81)118-38(5)116-36(3)73(105)82(6,7)89-32-57(79(111)112)115-34-39-12-10-9-11-13-39)119-52-19-16-40(23-47(52)84)54(121-62-31-83(8,88)74(106)37(4)117-62)30-61(101)92-66(80(113)114)46-27-44(96)28-51(98)63(46)45-22-41(15-18-50(45)97)64(75(87)107)93-77(109)65(43)94-76(108)49(29-59(86)99)90-78(67)110/h9-13,15-20,22-28,35-38,49,54,57-58,62,64-70,72-74,81,89,95-98,102-106H,14,21,29-34,88H2,1-8H3,(H2,86,99)(H2,87,107)(H,90,110)(H,91,100)(H,92,101)(H,93,109)(H,94,108)(H,111,112)(H,113,114)/t36?,37?,38?,49-,54-,57?,58?,62?,64+,65+,66+,67?,68+,69?,70?,72?,73?,74?,81?,83?/m0/s1. The van der Waals surface area contributed by atoms with E-state index in [2.05, 4.69) is 31.9 Å². The van der Waals surface area contributed by atoms with Crippen LogP contribution in [0.5, 0.6) is 46.0 Å². The Morgan fingerprint density at radius 3 is 1.98 bits per heavy atom. The topological polar surface area (TPSA) is 609 Å². The number of carboxylic acid groups (broad SMARTS) is 2. The Balaban J connectivity index is 1.18. The summed E-state index contributed by atoms with van der Waals surface area (Å²) in [6.07, 6.45) is -25.1. The second kappa shape index (κ2) is 40.3. The normalized spacial score (nSPS) is 26.2. The number of halogens is 2. The van der Waals surface area contributed by atoms with Crippen molar-refractivity contribution in [3.63, 3.8) is 0 Å². The fourth-order valence-corrected chi connectivity index (χ4v) is 14.9. The van der Waals surface area contributed by atoms with Gasteiger partial charge >= 0.3 is 11.9 Å². The molecule has 7 amide bonds. The van der Waals surface area contributed by atoms with Gasteiger partial charge in [0.2, 0.25) is 53.4 Å². The predicted molar refractivity (Wildman–Crippen MR) is 433 cm³/mol. The van der Waals surface area contributed by atoms with Gasteiger partial charge in [0.05, 0.1) is 66.6 Å². The number of fused-ring (bicyclic) bond motifs is 16. The molecule has 6 aromatic rings. The highest BCUT2D eigenvalue weighted by atomic mass is 35.5. The highest BCUT2D eigenvalue weighted by Gasteiger charge is 2.50. The third-order valence-corrected chi connectivity index (χ3v) is 21.8.